The first-order chi connectivity index (χ1) is 14.1. The minimum absolute atomic E-state index is 0.0532. The number of benzene rings is 3. The van der Waals surface area contributed by atoms with Crippen molar-refractivity contribution in [1.29, 1.82) is 0 Å². The molecule has 0 fully saturated rings. The second-order valence-electron chi connectivity index (χ2n) is 7.50. The number of carbonyl (C=O) groups is 2. The van der Waals surface area contributed by atoms with Gasteiger partial charge in [-0.05, 0) is 59.0 Å². The summed E-state index contributed by atoms with van der Waals surface area (Å²) in [5.74, 6) is -1.22. The lowest BCUT2D eigenvalue weighted by Gasteiger charge is -2.37. The number of allylic oxidation sites excluding steroid dienone is 2. The van der Waals surface area contributed by atoms with Crippen molar-refractivity contribution >= 4 is 28.4 Å². The van der Waals surface area contributed by atoms with Crippen molar-refractivity contribution in [3.63, 3.8) is 0 Å². The maximum absolute atomic E-state index is 12.7. The summed E-state index contributed by atoms with van der Waals surface area (Å²) in [7, 11) is 0. The number of fused-ring (bicyclic) bond motifs is 4. The van der Waals surface area contributed by atoms with Crippen LogP contribution < -0.4 is 15.2 Å². The van der Waals surface area contributed by atoms with Crippen molar-refractivity contribution in [2.45, 2.75) is 18.4 Å². The summed E-state index contributed by atoms with van der Waals surface area (Å²) in [5.41, 5.74) is 2.06. The Morgan fingerprint density at radius 3 is 2.66 bits per heavy atom. The summed E-state index contributed by atoms with van der Waals surface area (Å²) < 4.78 is 5.59. The van der Waals surface area contributed by atoms with Gasteiger partial charge in [-0.1, -0.05) is 42.5 Å². The minimum atomic E-state index is -1.10. The molecule has 3 aromatic carbocycles. The topological polar surface area (TPSA) is 78.5 Å². The van der Waals surface area contributed by atoms with E-state index >= 15 is 0 Å². The Morgan fingerprint density at radius 1 is 1.00 bits per heavy atom. The van der Waals surface area contributed by atoms with Crippen LogP contribution in [0.25, 0.3) is 10.8 Å². The first-order valence-electron chi connectivity index (χ1n) is 9.59. The fourth-order valence-electron chi connectivity index (χ4n) is 4.35. The van der Waals surface area contributed by atoms with Gasteiger partial charge in [-0.2, -0.15) is 0 Å². The van der Waals surface area contributed by atoms with Crippen LogP contribution in [-0.4, -0.2) is 18.0 Å². The highest BCUT2D eigenvalue weighted by Gasteiger charge is 2.38. The lowest BCUT2D eigenvalue weighted by Crippen LogP contribution is -2.48. The molecule has 2 aliphatic rings. The molecule has 3 atom stereocenters. The summed E-state index contributed by atoms with van der Waals surface area (Å²) in [6.07, 6.45) is 4.67. The van der Waals surface area contributed by atoms with Crippen molar-refractivity contribution in [3.8, 4) is 5.75 Å². The smallest absolute Gasteiger partial charge is 0.343 e. The molecular formula is C24H18NO4-. The van der Waals surface area contributed by atoms with E-state index in [-0.39, 0.29) is 11.8 Å². The Hall–Kier alpha value is -3.60. The third kappa shape index (κ3) is 3.05. The molecule has 0 bridgehead atoms. The van der Waals surface area contributed by atoms with E-state index in [1.54, 1.807) is 24.3 Å². The molecule has 0 radical (unpaired) electrons. The van der Waals surface area contributed by atoms with Crippen molar-refractivity contribution in [1.82, 2.24) is 0 Å². The Balaban J connectivity index is 1.43. The van der Waals surface area contributed by atoms with Crippen LogP contribution in [0.15, 0.2) is 72.8 Å². The molecule has 5 heteroatoms. The van der Waals surface area contributed by atoms with E-state index in [4.69, 9.17) is 4.74 Å². The molecule has 0 unspecified atom stereocenters. The molecular weight excluding hydrogens is 366 g/mol. The summed E-state index contributed by atoms with van der Waals surface area (Å²) in [4.78, 5) is 24.2. The molecule has 1 aliphatic carbocycles. The quantitative estimate of drug-likeness (QED) is 0.426. The number of carboxylic acid groups (broad SMARTS) is 1. The number of anilines is 1. The normalized spacial score (nSPS) is 21.9. The number of aliphatic carboxylic acids is 1. The van der Waals surface area contributed by atoms with Gasteiger partial charge in [0.1, 0.15) is 5.75 Å². The molecule has 1 N–H and O–H groups in total. The molecule has 144 valence electrons. The fourth-order valence-corrected chi connectivity index (χ4v) is 4.35. The zero-order valence-electron chi connectivity index (χ0n) is 15.5. The van der Waals surface area contributed by atoms with E-state index < -0.39 is 18.0 Å². The molecule has 5 rings (SSSR count). The molecule has 1 heterocycles. The highest BCUT2D eigenvalue weighted by molar-refractivity contribution is 5.93. The Kier molecular flexibility index (Phi) is 4.09. The predicted octanol–water partition coefficient (Wildman–Crippen LogP) is 3.26. The Labute approximate surface area is 167 Å². The average Bonchev–Trinajstić information content (AvgIpc) is 3.22. The minimum Gasteiger partial charge on any atom is -0.548 e. The van der Waals surface area contributed by atoms with E-state index in [1.165, 1.54) is 0 Å². The van der Waals surface area contributed by atoms with E-state index in [9.17, 15) is 14.7 Å². The predicted molar refractivity (Wildman–Crippen MR) is 108 cm³/mol. The number of ether oxygens (including phenoxy) is 1. The van der Waals surface area contributed by atoms with E-state index in [2.05, 4.69) is 5.32 Å². The fraction of sp³-hybridized carbons (Fsp3) is 0.167. The van der Waals surface area contributed by atoms with Gasteiger partial charge < -0.3 is 20.0 Å². The van der Waals surface area contributed by atoms with Crippen LogP contribution in [0, 0.1) is 5.92 Å². The third-order valence-electron chi connectivity index (χ3n) is 5.78. The SMILES string of the molecule is O=C(Oc1ccc2ccccc2c1)c1ccc2c(c1)[C@@H]1C=CC[C@H]1[C@H](C(=O)[O-])N2. The molecule has 0 amide bonds. The summed E-state index contributed by atoms with van der Waals surface area (Å²) >= 11 is 0. The lowest BCUT2D eigenvalue weighted by molar-refractivity contribution is -0.308. The van der Waals surface area contributed by atoms with Gasteiger partial charge in [0, 0.05) is 11.6 Å². The largest absolute Gasteiger partial charge is 0.548 e. The van der Waals surface area contributed by atoms with Crippen LogP contribution in [-0.2, 0) is 4.79 Å². The van der Waals surface area contributed by atoms with Crippen molar-refractivity contribution in [2.75, 3.05) is 5.32 Å². The van der Waals surface area contributed by atoms with Crippen LogP contribution in [0.3, 0.4) is 0 Å². The Bertz CT molecular complexity index is 1170. The van der Waals surface area contributed by atoms with Crippen molar-refractivity contribution < 1.29 is 19.4 Å². The molecule has 0 saturated heterocycles. The number of rotatable bonds is 3. The number of esters is 1. The molecule has 3 aromatic rings. The van der Waals surface area contributed by atoms with Gasteiger partial charge in [0.2, 0.25) is 0 Å². The third-order valence-corrected chi connectivity index (χ3v) is 5.78. The van der Waals surface area contributed by atoms with E-state index in [0.29, 0.717) is 23.4 Å². The van der Waals surface area contributed by atoms with Gasteiger partial charge in [0.25, 0.3) is 0 Å². The van der Waals surface area contributed by atoms with E-state index in [0.717, 1.165) is 16.3 Å². The van der Waals surface area contributed by atoms with Gasteiger partial charge in [0.15, 0.2) is 0 Å². The maximum Gasteiger partial charge on any atom is 0.343 e. The van der Waals surface area contributed by atoms with Crippen LogP contribution in [0.1, 0.15) is 28.3 Å². The number of hydrogen-bond acceptors (Lipinski definition) is 5. The highest BCUT2D eigenvalue weighted by atomic mass is 16.5. The van der Waals surface area contributed by atoms with E-state index in [1.807, 2.05) is 48.6 Å². The van der Waals surface area contributed by atoms with Crippen LogP contribution in [0.4, 0.5) is 5.69 Å². The van der Waals surface area contributed by atoms with Crippen molar-refractivity contribution in [2.24, 2.45) is 5.92 Å². The van der Waals surface area contributed by atoms with Crippen LogP contribution in [0.2, 0.25) is 0 Å². The highest BCUT2D eigenvalue weighted by Crippen LogP contribution is 2.44. The summed E-state index contributed by atoms with van der Waals surface area (Å²) in [5, 5.41) is 16.6. The van der Waals surface area contributed by atoms with Gasteiger partial charge >= 0.3 is 5.97 Å². The van der Waals surface area contributed by atoms with Crippen LogP contribution >= 0.6 is 0 Å². The average molecular weight is 384 g/mol. The van der Waals surface area contributed by atoms with Crippen molar-refractivity contribution in [3.05, 3.63) is 83.9 Å². The Morgan fingerprint density at radius 2 is 1.83 bits per heavy atom. The molecule has 0 aromatic heterocycles. The van der Waals surface area contributed by atoms with Crippen LogP contribution in [0.5, 0.6) is 5.75 Å². The summed E-state index contributed by atoms with van der Waals surface area (Å²) in [6.45, 7) is 0. The standard InChI is InChI=1S/C24H19NO4/c26-23(27)22-19-7-3-6-18(19)20-13-16(9-11-21(20)25-22)24(28)29-17-10-8-14-4-1-2-5-15(14)12-17/h1-6,8-13,18-19,22,25H,7H2,(H,26,27)/p-1/t18-,19-,22-/m1/s1. The molecule has 29 heavy (non-hydrogen) atoms. The number of hydrogen-bond donors (Lipinski definition) is 1. The lowest BCUT2D eigenvalue weighted by atomic mass is 9.79. The zero-order chi connectivity index (χ0) is 20.0. The maximum atomic E-state index is 12.7. The summed E-state index contributed by atoms with van der Waals surface area (Å²) in [6, 6.07) is 17.9. The molecule has 5 nitrogen and oxygen atoms in total. The van der Waals surface area contributed by atoms with Gasteiger partial charge in [-0.15, -0.1) is 0 Å². The first-order valence-corrected chi connectivity index (χ1v) is 9.59. The second-order valence-corrected chi connectivity index (χ2v) is 7.50. The van der Waals surface area contributed by atoms with Gasteiger partial charge in [-0.25, -0.2) is 4.79 Å². The zero-order valence-corrected chi connectivity index (χ0v) is 15.5. The first kappa shape index (κ1) is 17.5. The number of carbonyl (C=O) groups excluding carboxylic acids is 2. The molecule has 1 aliphatic heterocycles. The molecule has 0 spiro atoms. The number of nitrogens with one attached hydrogen (secondary N) is 1. The second kappa shape index (κ2) is 6.78. The molecule has 0 saturated carbocycles. The van der Waals surface area contributed by atoms with Gasteiger partial charge in [0.05, 0.1) is 17.6 Å². The van der Waals surface area contributed by atoms with Gasteiger partial charge in [-0.3, -0.25) is 0 Å². The number of carboxylic acids is 1. The monoisotopic (exact) mass is 384 g/mol.